The Bertz CT molecular complexity index is 1270. The van der Waals surface area contributed by atoms with Gasteiger partial charge in [-0.2, -0.15) is 5.10 Å². The van der Waals surface area contributed by atoms with Crippen LogP contribution in [0.5, 0.6) is 0 Å². The molecule has 2 aromatic heterocycles. The number of rotatable bonds is 4. The molecular formula is C21H21N5O7. The molecule has 0 saturated carbocycles. The lowest BCUT2D eigenvalue weighted by Gasteiger charge is -2.05. The number of aromatic carboxylic acids is 1. The van der Waals surface area contributed by atoms with Crippen LogP contribution in [0.4, 0.5) is 0 Å². The van der Waals surface area contributed by atoms with Gasteiger partial charge in [-0.05, 0) is 36.1 Å². The van der Waals surface area contributed by atoms with Gasteiger partial charge in [-0.25, -0.2) is 23.9 Å². The highest BCUT2D eigenvalue weighted by Crippen LogP contribution is 2.29. The average molecular weight is 455 g/mol. The van der Waals surface area contributed by atoms with Crippen molar-refractivity contribution in [2.75, 3.05) is 14.2 Å². The predicted octanol–water partition coefficient (Wildman–Crippen LogP) is 0.732. The molecule has 0 radical (unpaired) electrons. The Kier molecular flexibility index (Phi) is 6.68. The number of hydrogen-bond donors (Lipinski definition) is 3. The highest BCUT2D eigenvalue weighted by atomic mass is 16.5. The minimum atomic E-state index is -1.36. The summed E-state index contributed by atoms with van der Waals surface area (Å²) in [5, 5.41) is 12.7. The van der Waals surface area contributed by atoms with Crippen molar-refractivity contribution in [2.24, 2.45) is 11.5 Å². The van der Waals surface area contributed by atoms with E-state index in [0.717, 1.165) is 42.3 Å². The Balaban J connectivity index is 0.000000194. The number of carboxylic acid groups (broad SMARTS) is 1. The summed E-state index contributed by atoms with van der Waals surface area (Å²) < 4.78 is 10.2. The molecule has 12 nitrogen and oxygen atoms in total. The number of aromatic nitrogens is 3. The molecule has 0 aliphatic heterocycles. The number of methoxy groups -OCH3 is 2. The molecule has 0 saturated heterocycles. The molecule has 1 atom stereocenters. The van der Waals surface area contributed by atoms with Crippen molar-refractivity contribution in [3.63, 3.8) is 0 Å². The zero-order valence-electron chi connectivity index (χ0n) is 17.8. The number of esters is 2. The van der Waals surface area contributed by atoms with Crippen molar-refractivity contribution in [3.05, 3.63) is 64.1 Å². The summed E-state index contributed by atoms with van der Waals surface area (Å²) >= 11 is 0. The van der Waals surface area contributed by atoms with Gasteiger partial charge in [0.1, 0.15) is 5.56 Å². The van der Waals surface area contributed by atoms with Crippen molar-refractivity contribution in [3.8, 4) is 0 Å². The molecule has 5 N–H and O–H groups in total. The molecule has 0 unspecified atom stereocenters. The Labute approximate surface area is 187 Å². The number of aryl methyl sites for hydroxylation is 1. The third kappa shape index (κ3) is 4.65. The predicted molar refractivity (Wildman–Crippen MR) is 113 cm³/mol. The quantitative estimate of drug-likeness (QED) is 0.473. The average Bonchev–Trinajstić information content (AvgIpc) is 3.41. The fourth-order valence-corrected chi connectivity index (χ4v) is 3.39. The highest BCUT2D eigenvalue weighted by molar-refractivity contribution is 6.00. The molecule has 1 aromatic carbocycles. The maximum atomic E-state index is 11.6. The molecule has 12 heteroatoms. The monoisotopic (exact) mass is 455 g/mol. The van der Waals surface area contributed by atoms with Gasteiger partial charge >= 0.3 is 17.9 Å². The topological polar surface area (TPSA) is 189 Å². The number of nitrogens with two attached hydrogens (primary N) is 2. The molecule has 33 heavy (non-hydrogen) atoms. The number of carboxylic acids is 1. The largest absolute Gasteiger partial charge is 0.477 e. The van der Waals surface area contributed by atoms with E-state index in [1.807, 2.05) is 12.1 Å². The summed E-state index contributed by atoms with van der Waals surface area (Å²) in [7, 11) is 2.52. The van der Waals surface area contributed by atoms with Crippen LogP contribution >= 0.6 is 0 Å². The molecule has 2 heterocycles. The summed E-state index contributed by atoms with van der Waals surface area (Å²) in [5.41, 5.74) is 13.2. The lowest BCUT2D eigenvalue weighted by Crippen LogP contribution is -2.16. The van der Waals surface area contributed by atoms with E-state index in [1.165, 1.54) is 12.7 Å². The van der Waals surface area contributed by atoms with Gasteiger partial charge in [0.05, 0.1) is 26.0 Å². The van der Waals surface area contributed by atoms with Gasteiger partial charge in [0.2, 0.25) is 0 Å². The lowest BCUT2D eigenvalue weighted by molar-refractivity contribution is 0.0585. The number of carbonyl (C=O) groups excluding carboxylic acids is 3. The molecule has 0 bridgehead atoms. The van der Waals surface area contributed by atoms with Crippen LogP contribution in [0, 0.1) is 0 Å². The van der Waals surface area contributed by atoms with Crippen LogP contribution in [-0.2, 0) is 15.9 Å². The first-order chi connectivity index (χ1) is 15.7. The first-order valence-corrected chi connectivity index (χ1v) is 9.64. The van der Waals surface area contributed by atoms with E-state index >= 15 is 0 Å². The maximum Gasteiger partial charge on any atom is 0.356 e. The number of fused-ring (bicyclic) bond motifs is 2. The third-order valence-electron chi connectivity index (χ3n) is 5.04. The summed E-state index contributed by atoms with van der Waals surface area (Å²) in [4.78, 5) is 48.7. The summed E-state index contributed by atoms with van der Waals surface area (Å²) in [5.74, 6) is -3.28. The van der Waals surface area contributed by atoms with Crippen molar-refractivity contribution in [1.29, 1.82) is 0 Å². The van der Waals surface area contributed by atoms with Crippen molar-refractivity contribution in [2.45, 2.75) is 18.9 Å². The van der Waals surface area contributed by atoms with Gasteiger partial charge < -0.3 is 26.0 Å². The standard InChI is InChI=1S/C11H13NO2.C10H8N4O5/c1-14-11(13)8-2-4-9-7(6-8)3-5-10(9)12;1-19-10(18)6-2-5(9(16)17)13-8-4(7(11)15)3-12-14(6)8/h2,4,6,10H,3,5,12H2,1H3;2-3H,1H3,(H2,11,15)(H,16,17)/t10-;/m0./s1. The van der Waals surface area contributed by atoms with Crippen molar-refractivity contribution in [1.82, 2.24) is 14.6 Å². The molecule has 1 aliphatic carbocycles. The van der Waals surface area contributed by atoms with Gasteiger partial charge in [-0.3, -0.25) is 4.79 Å². The number of primary amides is 1. The van der Waals surface area contributed by atoms with Crippen LogP contribution < -0.4 is 11.5 Å². The number of benzene rings is 1. The Morgan fingerprint density at radius 3 is 2.42 bits per heavy atom. The lowest BCUT2D eigenvalue weighted by atomic mass is 10.1. The Hall–Kier alpha value is -4.32. The van der Waals surface area contributed by atoms with Crippen LogP contribution in [0.1, 0.15) is 65.3 Å². The zero-order chi connectivity index (χ0) is 24.3. The van der Waals surface area contributed by atoms with Gasteiger partial charge in [-0.15, -0.1) is 0 Å². The molecule has 0 fully saturated rings. The SMILES string of the molecule is COC(=O)c1cc(C(=O)O)nc2c(C(N)=O)cnn12.COC(=O)c1ccc2c(c1)CC[C@@H]2N. The van der Waals surface area contributed by atoms with Crippen LogP contribution in [0.15, 0.2) is 30.5 Å². The molecule has 0 spiro atoms. The minimum absolute atomic E-state index is 0.0896. The van der Waals surface area contributed by atoms with E-state index < -0.39 is 23.5 Å². The van der Waals surface area contributed by atoms with E-state index in [0.29, 0.717) is 5.56 Å². The van der Waals surface area contributed by atoms with Crippen LogP contribution in [0.25, 0.3) is 5.65 Å². The van der Waals surface area contributed by atoms with Gasteiger partial charge in [0.25, 0.3) is 5.91 Å². The van der Waals surface area contributed by atoms with E-state index in [-0.39, 0.29) is 28.9 Å². The number of amides is 1. The molecule has 3 aromatic rings. The van der Waals surface area contributed by atoms with E-state index in [9.17, 15) is 19.2 Å². The maximum absolute atomic E-state index is 11.6. The first kappa shape index (κ1) is 23.3. The number of carbonyl (C=O) groups is 4. The second-order valence-electron chi connectivity index (χ2n) is 7.03. The van der Waals surface area contributed by atoms with Crippen molar-refractivity contribution >= 4 is 29.5 Å². The fraction of sp³-hybridized carbons (Fsp3) is 0.238. The van der Waals surface area contributed by atoms with Gasteiger partial charge in [0.15, 0.2) is 17.0 Å². The van der Waals surface area contributed by atoms with Crippen molar-refractivity contribution < 1.29 is 33.8 Å². The molecule has 4 rings (SSSR count). The van der Waals surface area contributed by atoms with Gasteiger partial charge in [0, 0.05) is 12.1 Å². The fourth-order valence-electron chi connectivity index (χ4n) is 3.39. The summed E-state index contributed by atoms with van der Waals surface area (Å²) in [6.45, 7) is 0. The first-order valence-electron chi connectivity index (χ1n) is 9.64. The Morgan fingerprint density at radius 1 is 1.12 bits per heavy atom. The number of nitrogens with zero attached hydrogens (tertiary/aromatic N) is 3. The highest BCUT2D eigenvalue weighted by Gasteiger charge is 2.22. The normalized spacial score (nSPS) is 14.1. The molecular weight excluding hydrogens is 434 g/mol. The summed E-state index contributed by atoms with van der Waals surface area (Å²) in [6.07, 6.45) is 3.03. The van der Waals surface area contributed by atoms with Gasteiger partial charge in [-0.1, -0.05) is 6.07 Å². The van der Waals surface area contributed by atoms with Crippen LogP contribution in [0.2, 0.25) is 0 Å². The van der Waals surface area contributed by atoms with E-state index in [2.05, 4.69) is 19.6 Å². The second-order valence-corrected chi connectivity index (χ2v) is 7.03. The second kappa shape index (κ2) is 9.44. The van der Waals surface area contributed by atoms with Crippen LogP contribution in [-0.4, -0.2) is 57.7 Å². The number of ether oxygens (including phenoxy) is 2. The third-order valence-corrected chi connectivity index (χ3v) is 5.04. The Morgan fingerprint density at radius 2 is 1.82 bits per heavy atom. The van der Waals surface area contributed by atoms with E-state index in [1.54, 1.807) is 6.07 Å². The summed E-state index contributed by atoms with van der Waals surface area (Å²) in [6, 6.07) is 6.72. The zero-order valence-corrected chi connectivity index (χ0v) is 17.8. The van der Waals surface area contributed by atoms with Crippen LogP contribution in [0.3, 0.4) is 0 Å². The minimum Gasteiger partial charge on any atom is -0.477 e. The molecule has 1 amide bonds. The van der Waals surface area contributed by atoms with E-state index in [4.69, 9.17) is 16.6 Å². The number of hydrogen-bond acceptors (Lipinski definition) is 9. The molecule has 172 valence electrons. The molecule has 1 aliphatic rings. The smallest absolute Gasteiger partial charge is 0.356 e.